The molecule has 5 heteroatoms. The van der Waals surface area contributed by atoms with Gasteiger partial charge in [-0.05, 0) is 42.8 Å². The number of nitrogens with zero attached hydrogens (tertiary/aromatic N) is 3. The van der Waals surface area contributed by atoms with Gasteiger partial charge < -0.3 is 9.47 Å². The van der Waals surface area contributed by atoms with Crippen LogP contribution in [0.3, 0.4) is 0 Å². The van der Waals surface area contributed by atoms with Crippen molar-refractivity contribution < 1.29 is 4.79 Å². The van der Waals surface area contributed by atoms with Crippen LogP contribution in [0.4, 0.5) is 5.69 Å². The first kappa shape index (κ1) is 16.7. The van der Waals surface area contributed by atoms with Gasteiger partial charge in [0, 0.05) is 29.6 Å². The van der Waals surface area contributed by atoms with E-state index in [4.69, 9.17) is 23.0 Å². The number of para-hydroxylation sites is 2. The van der Waals surface area contributed by atoms with Crippen molar-refractivity contribution in [2.45, 2.75) is 25.8 Å². The zero-order valence-electron chi connectivity index (χ0n) is 14.4. The molecule has 130 valence electrons. The number of carbonyl (C=O) groups is 1. The van der Waals surface area contributed by atoms with Gasteiger partial charge in [-0.3, -0.25) is 4.79 Å². The highest BCUT2D eigenvalue weighted by Crippen LogP contribution is 2.34. The number of hydrogen-bond donors (Lipinski definition) is 0. The zero-order valence-corrected chi connectivity index (χ0v) is 15.2. The highest BCUT2D eigenvalue weighted by Gasteiger charge is 2.34. The third-order valence-corrected chi connectivity index (χ3v) is 5.30. The van der Waals surface area contributed by atoms with Gasteiger partial charge >= 0.3 is 0 Å². The van der Waals surface area contributed by atoms with Crippen LogP contribution in [0.15, 0.2) is 42.5 Å². The van der Waals surface area contributed by atoms with Gasteiger partial charge in [0.1, 0.15) is 5.82 Å². The normalized spacial score (nSPS) is 17.0. The third-order valence-electron chi connectivity index (χ3n) is 4.88. The van der Waals surface area contributed by atoms with Crippen LogP contribution in [0.25, 0.3) is 11.0 Å². The van der Waals surface area contributed by atoms with Crippen LogP contribution < -0.4 is 4.90 Å². The van der Waals surface area contributed by atoms with Gasteiger partial charge in [0.05, 0.1) is 17.6 Å². The third kappa shape index (κ3) is 2.75. The number of fused-ring (bicyclic) bond motifs is 1. The van der Waals surface area contributed by atoms with Gasteiger partial charge in [-0.2, -0.15) is 0 Å². The minimum absolute atomic E-state index is 0.0132. The lowest BCUT2D eigenvalue weighted by atomic mass is 10.1. The molecule has 1 aliphatic rings. The first-order chi connectivity index (χ1) is 12.6. The van der Waals surface area contributed by atoms with Crippen molar-refractivity contribution >= 4 is 34.2 Å². The molecular formula is C21H18ClN3O. The SMILES string of the molecule is C#CCn1c([C@@H]2CC(=O)N(c3ccc(Cl)c(C)c3)C2)nc2ccccc21. The monoisotopic (exact) mass is 363 g/mol. The molecule has 1 atom stereocenters. The number of terminal acetylenes is 1. The molecule has 0 bridgehead atoms. The van der Waals surface area contributed by atoms with E-state index in [1.165, 1.54) is 0 Å². The van der Waals surface area contributed by atoms with E-state index in [2.05, 4.69) is 5.92 Å². The second-order valence-corrected chi connectivity index (χ2v) is 7.00. The molecule has 1 amide bonds. The maximum absolute atomic E-state index is 12.7. The van der Waals surface area contributed by atoms with Crippen molar-refractivity contribution in [1.29, 1.82) is 0 Å². The largest absolute Gasteiger partial charge is 0.316 e. The van der Waals surface area contributed by atoms with Gasteiger partial charge in [-0.25, -0.2) is 4.98 Å². The molecule has 0 spiro atoms. The Kier molecular flexibility index (Phi) is 4.18. The first-order valence-corrected chi connectivity index (χ1v) is 8.91. The average Bonchev–Trinajstić information content (AvgIpc) is 3.19. The number of halogens is 1. The lowest BCUT2D eigenvalue weighted by Crippen LogP contribution is -2.24. The summed E-state index contributed by atoms with van der Waals surface area (Å²) in [6, 6.07) is 13.6. The van der Waals surface area contributed by atoms with E-state index in [0.29, 0.717) is 24.5 Å². The summed E-state index contributed by atoms with van der Waals surface area (Å²) < 4.78 is 2.05. The predicted molar refractivity (Wildman–Crippen MR) is 104 cm³/mol. The quantitative estimate of drug-likeness (QED) is 0.655. The standard InChI is InChI=1S/C21H18ClN3O/c1-3-10-24-19-7-5-4-6-18(19)23-21(24)15-12-20(26)25(13-15)16-8-9-17(22)14(2)11-16/h1,4-9,11,15H,10,12-13H2,2H3/t15-/m1/s1. The molecule has 0 aliphatic carbocycles. The smallest absolute Gasteiger partial charge is 0.227 e. The Bertz CT molecular complexity index is 1050. The fraction of sp³-hybridized carbons (Fsp3) is 0.238. The van der Waals surface area contributed by atoms with E-state index in [1.54, 1.807) is 0 Å². The summed E-state index contributed by atoms with van der Waals surface area (Å²) >= 11 is 6.11. The van der Waals surface area contributed by atoms with Crippen LogP contribution in [0, 0.1) is 19.3 Å². The summed E-state index contributed by atoms with van der Waals surface area (Å²) in [5, 5.41) is 0.702. The average molecular weight is 364 g/mol. The summed E-state index contributed by atoms with van der Waals surface area (Å²) in [6.45, 7) is 2.98. The Morgan fingerprint density at radius 1 is 1.31 bits per heavy atom. The minimum atomic E-state index is 0.0132. The molecule has 0 N–H and O–H groups in total. The summed E-state index contributed by atoms with van der Waals surface area (Å²) in [5.41, 5.74) is 3.75. The van der Waals surface area contributed by atoms with Gasteiger partial charge in [-0.15, -0.1) is 6.42 Å². The van der Waals surface area contributed by atoms with E-state index in [0.717, 1.165) is 28.1 Å². The Hall–Kier alpha value is -2.77. The van der Waals surface area contributed by atoms with Gasteiger partial charge in [0.2, 0.25) is 5.91 Å². The molecule has 1 fully saturated rings. The summed E-state index contributed by atoms with van der Waals surface area (Å²) in [6.07, 6.45) is 5.99. The van der Waals surface area contributed by atoms with Crippen LogP contribution in [-0.2, 0) is 11.3 Å². The molecule has 2 heterocycles. The number of carbonyl (C=O) groups excluding carboxylic acids is 1. The topological polar surface area (TPSA) is 38.1 Å². The number of aromatic nitrogens is 2. The summed E-state index contributed by atoms with van der Waals surface area (Å²) in [7, 11) is 0. The maximum atomic E-state index is 12.7. The number of anilines is 1. The van der Waals surface area contributed by atoms with Crippen LogP contribution in [0.1, 0.15) is 23.7 Å². The molecule has 3 aromatic rings. The zero-order chi connectivity index (χ0) is 18.3. The van der Waals surface area contributed by atoms with Crippen LogP contribution in [0.5, 0.6) is 0 Å². The molecule has 0 saturated carbocycles. The number of aryl methyl sites for hydroxylation is 1. The van der Waals surface area contributed by atoms with Gasteiger partial charge in [0.15, 0.2) is 0 Å². The van der Waals surface area contributed by atoms with Crippen LogP contribution in [-0.4, -0.2) is 22.0 Å². The number of imidazole rings is 1. The van der Waals surface area contributed by atoms with Gasteiger partial charge in [-0.1, -0.05) is 29.7 Å². The lowest BCUT2D eigenvalue weighted by molar-refractivity contribution is -0.117. The number of benzene rings is 2. The molecule has 1 aromatic heterocycles. The number of amides is 1. The molecule has 1 saturated heterocycles. The second-order valence-electron chi connectivity index (χ2n) is 6.59. The van der Waals surface area contributed by atoms with Crippen molar-refractivity contribution in [2.75, 3.05) is 11.4 Å². The van der Waals surface area contributed by atoms with Gasteiger partial charge in [0.25, 0.3) is 0 Å². The predicted octanol–water partition coefficient (Wildman–Crippen LogP) is 4.15. The molecular weight excluding hydrogens is 346 g/mol. The molecule has 2 aromatic carbocycles. The Labute approximate surface area is 157 Å². The first-order valence-electron chi connectivity index (χ1n) is 8.53. The van der Waals surface area contributed by atoms with Crippen molar-refractivity contribution in [3.63, 3.8) is 0 Å². The highest BCUT2D eigenvalue weighted by molar-refractivity contribution is 6.31. The van der Waals surface area contributed by atoms with Crippen molar-refractivity contribution in [3.8, 4) is 12.3 Å². The summed E-state index contributed by atoms with van der Waals surface area (Å²) in [5.74, 6) is 3.69. The molecule has 26 heavy (non-hydrogen) atoms. The molecule has 0 unspecified atom stereocenters. The van der Waals surface area contributed by atoms with E-state index in [1.807, 2.05) is 58.9 Å². The Morgan fingerprint density at radius 2 is 2.12 bits per heavy atom. The van der Waals surface area contributed by atoms with Crippen LogP contribution in [0.2, 0.25) is 5.02 Å². The second kappa shape index (κ2) is 6.51. The molecule has 0 radical (unpaired) electrons. The van der Waals surface area contributed by atoms with E-state index < -0.39 is 0 Å². The van der Waals surface area contributed by atoms with Crippen molar-refractivity contribution in [3.05, 3.63) is 58.9 Å². The number of rotatable bonds is 3. The van der Waals surface area contributed by atoms with Crippen LogP contribution >= 0.6 is 11.6 Å². The fourth-order valence-electron chi connectivity index (χ4n) is 3.59. The summed E-state index contributed by atoms with van der Waals surface area (Å²) in [4.78, 5) is 19.2. The number of hydrogen-bond acceptors (Lipinski definition) is 2. The fourth-order valence-corrected chi connectivity index (χ4v) is 3.71. The molecule has 1 aliphatic heterocycles. The highest BCUT2D eigenvalue weighted by atomic mass is 35.5. The van der Waals surface area contributed by atoms with E-state index >= 15 is 0 Å². The Morgan fingerprint density at radius 3 is 2.88 bits per heavy atom. The maximum Gasteiger partial charge on any atom is 0.227 e. The molecule has 4 rings (SSSR count). The Balaban J connectivity index is 1.71. The van der Waals surface area contributed by atoms with Crippen molar-refractivity contribution in [1.82, 2.24) is 9.55 Å². The van der Waals surface area contributed by atoms with Crippen molar-refractivity contribution in [2.24, 2.45) is 0 Å². The minimum Gasteiger partial charge on any atom is -0.316 e. The molecule has 4 nitrogen and oxygen atoms in total. The lowest BCUT2D eigenvalue weighted by Gasteiger charge is -2.18. The van der Waals surface area contributed by atoms with E-state index in [-0.39, 0.29) is 11.8 Å². The van der Waals surface area contributed by atoms with E-state index in [9.17, 15) is 4.79 Å².